The van der Waals surface area contributed by atoms with E-state index >= 15 is 0 Å². The lowest BCUT2D eigenvalue weighted by atomic mass is 10.2. The first kappa shape index (κ1) is 20.3. The average molecular weight is 422 g/mol. The fraction of sp³-hybridized carbons (Fsp3) is 0.211. The van der Waals surface area contributed by atoms with Crippen molar-refractivity contribution in [3.8, 4) is 0 Å². The van der Waals surface area contributed by atoms with Gasteiger partial charge in [0.1, 0.15) is 0 Å². The molecule has 1 aliphatic rings. The van der Waals surface area contributed by atoms with E-state index in [2.05, 4.69) is 4.90 Å². The highest BCUT2D eigenvalue weighted by atomic mass is 35.5. The lowest BCUT2D eigenvalue weighted by Crippen LogP contribution is -2.48. The minimum absolute atomic E-state index is 0.162. The fourth-order valence-electron chi connectivity index (χ4n) is 3.00. The van der Waals surface area contributed by atoms with Crippen LogP contribution < -0.4 is 10.4 Å². The summed E-state index contributed by atoms with van der Waals surface area (Å²) in [6, 6.07) is 13.8. The van der Waals surface area contributed by atoms with Gasteiger partial charge in [-0.3, -0.25) is 10.0 Å². The Morgan fingerprint density at radius 2 is 1.79 bits per heavy atom. The van der Waals surface area contributed by atoms with Crippen molar-refractivity contribution in [2.45, 2.75) is 4.90 Å². The number of hydroxylamine groups is 1. The number of amides is 1. The number of benzene rings is 2. The van der Waals surface area contributed by atoms with Crippen LogP contribution in [-0.4, -0.2) is 50.0 Å². The maximum absolute atomic E-state index is 13.0. The first-order valence-corrected chi connectivity index (χ1v) is 10.4. The quantitative estimate of drug-likeness (QED) is 0.439. The highest BCUT2D eigenvalue weighted by Crippen LogP contribution is 2.24. The first-order chi connectivity index (χ1) is 13.4. The van der Waals surface area contributed by atoms with Crippen LogP contribution in [0.25, 0.3) is 6.08 Å². The summed E-state index contributed by atoms with van der Waals surface area (Å²) < 4.78 is 27.4. The molecule has 1 fully saturated rings. The minimum atomic E-state index is -3.65. The molecule has 0 spiro atoms. The summed E-state index contributed by atoms with van der Waals surface area (Å²) in [6.45, 7) is 1.86. The van der Waals surface area contributed by atoms with Gasteiger partial charge in [0.05, 0.1) is 4.90 Å². The molecule has 0 bridgehead atoms. The second-order valence-electron chi connectivity index (χ2n) is 6.25. The number of halogens is 1. The van der Waals surface area contributed by atoms with Gasteiger partial charge in [0.2, 0.25) is 10.0 Å². The number of carbonyl (C=O) groups excluding carboxylic acids is 1. The molecule has 0 atom stereocenters. The molecule has 0 radical (unpaired) electrons. The van der Waals surface area contributed by atoms with Crippen LogP contribution in [0.3, 0.4) is 0 Å². The third kappa shape index (κ3) is 4.71. The van der Waals surface area contributed by atoms with E-state index in [1.807, 2.05) is 18.2 Å². The monoisotopic (exact) mass is 421 g/mol. The number of sulfonamides is 1. The number of rotatable bonds is 5. The molecule has 2 N–H and O–H groups in total. The Morgan fingerprint density at radius 3 is 2.46 bits per heavy atom. The van der Waals surface area contributed by atoms with Crippen molar-refractivity contribution in [3.63, 3.8) is 0 Å². The van der Waals surface area contributed by atoms with Crippen molar-refractivity contribution < 1.29 is 18.4 Å². The number of nitrogens with zero attached hydrogens (tertiary/aromatic N) is 2. The molecule has 0 saturated carbocycles. The molecule has 2 aromatic rings. The van der Waals surface area contributed by atoms with E-state index in [4.69, 9.17) is 16.8 Å². The van der Waals surface area contributed by atoms with Gasteiger partial charge in [0.25, 0.3) is 5.91 Å². The molecule has 2 aromatic carbocycles. The SMILES string of the molecule is O=C(C=Cc1cccc(S(=O)(=O)N2CCN(c3cccc(Cl)c3)CC2)c1)NO. The molecule has 0 aromatic heterocycles. The van der Waals surface area contributed by atoms with E-state index in [0.717, 1.165) is 11.8 Å². The number of hydrogen-bond donors (Lipinski definition) is 2. The van der Waals surface area contributed by atoms with Crippen LogP contribution in [0.2, 0.25) is 5.02 Å². The van der Waals surface area contributed by atoms with Gasteiger partial charge in [0.15, 0.2) is 0 Å². The predicted molar refractivity (Wildman–Crippen MR) is 108 cm³/mol. The zero-order valence-electron chi connectivity index (χ0n) is 15.0. The van der Waals surface area contributed by atoms with Gasteiger partial charge in [-0.15, -0.1) is 0 Å². The van der Waals surface area contributed by atoms with E-state index in [1.54, 1.807) is 18.2 Å². The van der Waals surface area contributed by atoms with Crippen LogP contribution in [0.4, 0.5) is 5.69 Å². The van der Waals surface area contributed by atoms with Gasteiger partial charge < -0.3 is 4.90 Å². The first-order valence-electron chi connectivity index (χ1n) is 8.63. The van der Waals surface area contributed by atoms with E-state index in [-0.39, 0.29) is 4.90 Å². The Morgan fingerprint density at radius 1 is 1.07 bits per heavy atom. The summed E-state index contributed by atoms with van der Waals surface area (Å²) in [4.78, 5) is 13.4. The highest BCUT2D eigenvalue weighted by molar-refractivity contribution is 7.89. The van der Waals surface area contributed by atoms with Crippen molar-refractivity contribution in [1.29, 1.82) is 0 Å². The second-order valence-corrected chi connectivity index (χ2v) is 8.63. The van der Waals surface area contributed by atoms with Crippen molar-refractivity contribution >= 4 is 39.3 Å². The molecule has 9 heteroatoms. The van der Waals surface area contributed by atoms with Crippen LogP contribution in [0.5, 0.6) is 0 Å². The second kappa shape index (κ2) is 8.74. The van der Waals surface area contributed by atoms with Crippen LogP contribution in [0.15, 0.2) is 59.5 Å². The van der Waals surface area contributed by atoms with E-state index in [1.165, 1.54) is 28.0 Å². The van der Waals surface area contributed by atoms with Gasteiger partial charge in [0, 0.05) is 43.0 Å². The molecule has 28 heavy (non-hydrogen) atoms. The van der Waals surface area contributed by atoms with Gasteiger partial charge >= 0.3 is 0 Å². The average Bonchev–Trinajstić information content (AvgIpc) is 2.72. The molecule has 148 valence electrons. The van der Waals surface area contributed by atoms with Crippen molar-refractivity contribution in [2.75, 3.05) is 31.1 Å². The summed E-state index contributed by atoms with van der Waals surface area (Å²) in [5.41, 5.74) is 3.00. The summed E-state index contributed by atoms with van der Waals surface area (Å²) in [5, 5.41) is 9.17. The molecule has 7 nitrogen and oxygen atoms in total. The Kier molecular flexibility index (Phi) is 6.35. The molecular weight excluding hydrogens is 402 g/mol. The summed E-state index contributed by atoms with van der Waals surface area (Å²) in [6.07, 6.45) is 2.55. The third-order valence-corrected chi connectivity index (χ3v) is 6.57. The lowest BCUT2D eigenvalue weighted by Gasteiger charge is -2.35. The summed E-state index contributed by atoms with van der Waals surface area (Å²) >= 11 is 6.04. The Balaban J connectivity index is 1.72. The number of carbonyl (C=O) groups is 1. The van der Waals surface area contributed by atoms with Crippen molar-refractivity contribution in [2.24, 2.45) is 0 Å². The highest BCUT2D eigenvalue weighted by Gasteiger charge is 2.28. The number of nitrogens with one attached hydrogen (secondary N) is 1. The molecule has 1 amide bonds. The van der Waals surface area contributed by atoms with Crippen molar-refractivity contribution in [1.82, 2.24) is 9.79 Å². The maximum atomic E-state index is 13.0. The van der Waals surface area contributed by atoms with Crippen LogP contribution >= 0.6 is 11.6 Å². The van der Waals surface area contributed by atoms with Gasteiger partial charge in [-0.1, -0.05) is 29.8 Å². The predicted octanol–water partition coefficient (Wildman–Crippen LogP) is 2.37. The van der Waals surface area contributed by atoms with Crippen molar-refractivity contribution in [3.05, 3.63) is 65.2 Å². The molecule has 0 aliphatic carbocycles. The Hall–Kier alpha value is -2.39. The lowest BCUT2D eigenvalue weighted by molar-refractivity contribution is -0.124. The van der Waals surface area contributed by atoms with Gasteiger partial charge in [-0.2, -0.15) is 4.31 Å². The zero-order chi connectivity index (χ0) is 20.1. The maximum Gasteiger partial charge on any atom is 0.267 e. The van der Waals surface area contributed by atoms with Gasteiger partial charge in [-0.05, 0) is 42.0 Å². The number of piperazine rings is 1. The summed E-state index contributed by atoms with van der Waals surface area (Å²) in [5.74, 6) is -0.689. The minimum Gasteiger partial charge on any atom is -0.369 e. The zero-order valence-corrected chi connectivity index (χ0v) is 16.5. The van der Waals surface area contributed by atoms with Crippen LogP contribution in [-0.2, 0) is 14.8 Å². The molecule has 0 unspecified atom stereocenters. The van der Waals surface area contributed by atoms with E-state index in [9.17, 15) is 13.2 Å². The summed E-state index contributed by atoms with van der Waals surface area (Å²) in [7, 11) is -3.65. The largest absolute Gasteiger partial charge is 0.369 e. The molecule has 1 aliphatic heterocycles. The fourth-order valence-corrected chi connectivity index (χ4v) is 4.66. The third-order valence-electron chi connectivity index (χ3n) is 4.45. The molecular formula is C19H20ClN3O4S. The standard InChI is InChI=1S/C19H20ClN3O4S/c20-16-4-2-5-17(14-16)22-9-11-23(12-10-22)28(26,27)18-6-1-3-15(13-18)7-8-19(24)21-25/h1-8,13-14,25H,9-12H2,(H,21,24). The number of hydrogen-bond acceptors (Lipinski definition) is 5. The van der Waals surface area contributed by atoms with Crippen LogP contribution in [0, 0.1) is 0 Å². The van der Waals surface area contributed by atoms with E-state index < -0.39 is 15.9 Å². The number of anilines is 1. The Bertz CT molecular complexity index is 986. The van der Waals surface area contributed by atoms with E-state index in [0.29, 0.717) is 36.8 Å². The molecule has 1 saturated heterocycles. The topological polar surface area (TPSA) is 90.0 Å². The Labute approximate surface area is 168 Å². The van der Waals surface area contributed by atoms with Crippen LogP contribution in [0.1, 0.15) is 5.56 Å². The molecule has 1 heterocycles. The normalized spacial score (nSPS) is 15.7. The smallest absolute Gasteiger partial charge is 0.267 e. The molecule has 3 rings (SSSR count). The van der Waals surface area contributed by atoms with Gasteiger partial charge in [-0.25, -0.2) is 13.9 Å².